The van der Waals surface area contributed by atoms with Gasteiger partial charge in [-0.25, -0.2) is 4.39 Å². The number of hydrogen-bond acceptors (Lipinski definition) is 4. The van der Waals surface area contributed by atoms with E-state index >= 15 is 0 Å². The fourth-order valence-corrected chi connectivity index (χ4v) is 4.83. The lowest BCUT2D eigenvalue weighted by Crippen LogP contribution is -2.47. The third kappa shape index (κ3) is 5.33. The van der Waals surface area contributed by atoms with E-state index in [0.29, 0.717) is 42.6 Å². The summed E-state index contributed by atoms with van der Waals surface area (Å²) in [6.07, 6.45) is 1.80. The minimum Gasteiger partial charge on any atom is -0.479 e. The molecule has 1 aromatic heterocycles. The molecular formula is C26H28Cl2FN3O3. The number of benzene rings is 2. The molecular weight excluding hydrogens is 492 g/mol. The van der Waals surface area contributed by atoms with Gasteiger partial charge in [0.25, 0.3) is 5.91 Å². The molecule has 2 aliphatic heterocycles. The van der Waals surface area contributed by atoms with Gasteiger partial charge in [0.15, 0.2) is 5.75 Å². The Bertz CT molecular complexity index is 1210. The van der Waals surface area contributed by atoms with Crippen molar-refractivity contribution in [2.75, 3.05) is 26.2 Å². The van der Waals surface area contributed by atoms with E-state index < -0.39 is 5.60 Å². The Labute approximate surface area is 215 Å². The van der Waals surface area contributed by atoms with Crippen LogP contribution in [0, 0.1) is 5.82 Å². The minimum absolute atomic E-state index is 0. The maximum absolute atomic E-state index is 13.2. The average molecular weight is 520 g/mol. The van der Waals surface area contributed by atoms with Crippen LogP contribution in [0.3, 0.4) is 0 Å². The number of rotatable bonds is 5. The summed E-state index contributed by atoms with van der Waals surface area (Å²) < 4.78 is 27.4. The number of hydrogen-bond donors (Lipinski definition) is 1. The second-order valence-electron chi connectivity index (χ2n) is 9.24. The molecule has 0 radical (unpaired) electrons. The number of carbonyl (C=O) groups is 1. The van der Waals surface area contributed by atoms with Crippen LogP contribution >= 0.6 is 24.0 Å². The van der Waals surface area contributed by atoms with Crippen LogP contribution in [-0.4, -0.2) is 47.7 Å². The van der Waals surface area contributed by atoms with Crippen LogP contribution in [-0.2, 0) is 16.9 Å². The molecule has 1 unspecified atom stereocenters. The second-order valence-corrected chi connectivity index (χ2v) is 9.68. The summed E-state index contributed by atoms with van der Waals surface area (Å²) in [6.45, 7) is 7.04. The van der Waals surface area contributed by atoms with Crippen LogP contribution in [0.4, 0.5) is 4.39 Å². The maximum atomic E-state index is 13.2. The molecule has 1 fully saturated rings. The zero-order chi connectivity index (χ0) is 23.9. The van der Waals surface area contributed by atoms with Crippen LogP contribution in [0.1, 0.15) is 35.5 Å². The van der Waals surface area contributed by atoms with Gasteiger partial charge < -0.3 is 19.4 Å². The van der Waals surface area contributed by atoms with Gasteiger partial charge in [-0.3, -0.25) is 9.69 Å². The van der Waals surface area contributed by atoms with E-state index in [4.69, 9.17) is 21.1 Å². The van der Waals surface area contributed by atoms with Crippen LogP contribution in [0.25, 0.3) is 5.69 Å². The quantitative estimate of drug-likeness (QED) is 0.518. The summed E-state index contributed by atoms with van der Waals surface area (Å²) >= 11 is 6.38. The molecule has 186 valence electrons. The van der Waals surface area contributed by atoms with E-state index in [1.807, 2.05) is 42.8 Å². The highest BCUT2D eigenvalue weighted by Crippen LogP contribution is 2.42. The molecule has 1 saturated heterocycles. The van der Waals surface area contributed by atoms with E-state index in [-0.39, 0.29) is 30.2 Å². The third-order valence-corrected chi connectivity index (χ3v) is 6.51. The lowest BCUT2D eigenvalue weighted by Gasteiger charge is -2.35. The Balaban J connectivity index is 0.00000289. The molecule has 3 aromatic rings. The van der Waals surface area contributed by atoms with Crippen LogP contribution < -0.4 is 10.1 Å². The van der Waals surface area contributed by atoms with E-state index in [0.717, 1.165) is 23.5 Å². The predicted octanol–water partition coefficient (Wildman–Crippen LogP) is 4.95. The van der Waals surface area contributed by atoms with Crippen molar-refractivity contribution in [1.82, 2.24) is 14.8 Å². The van der Waals surface area contributed by atoms with Gasteiger partial charge in [0, 0.05) is 37.4 Å². The molecule has 9 heteroatoms. The van der Waals surface area contributed by atoms with Gasteiger partial charge in [0.05, 0.1) is 29.7 Å². The van der Waals surface area contributed by atoms with Crippen molar-refractivity contribution in [3.05, 3.63) is 82.4 Å². The number of nitrogens with zero attached hydrogens (tertiary/aromatic N) is 2. The standard InChI is InChI=1S/C26H27ClFN3O3.ClH/c1-26(2)23-4-3-9-31(23)22-13-18(27)12-21(24(22)34-26)25(32)29-14-20-16-30(10-11-33-20)15-17-5-7-19(28)8-6-17;/h3-9,12-13,20H,10-11,14-16H2,1-2H3,(H,29,32);1H. The molecule has 2 aliphatic rings. The highest BCUT2D eigenvalue weighted by molar-refractivity contribution is 6.31. The van der Waals surface area contributed by atoms with Crippen molar-refractivity contribution in [3.8, 4) is 11.4 Å². The Morgan fingerprint density at radius 1 is 1.23 bits per heavy atom. The first-order valence-electron chi connectivity index (χ1n) is 11.4. The zero-order valence-electron chi connectivity index (χ0n) is 19.6. The largest absolute Gasteiger partial charge is 0.479 e. The zero-order valence-corrected chi connectivity index (χ0v) is 21.2. The molecule has 5 rings (SSSR count). The van der Waals surface area contributed by atoms with E-state index in [9.17, 15) is 9.18 Å². The number of carbonyl (C=O) groups excluding carboxylic acids is 1. The second kappa shape index (κ2) is 10.2. The van der Waals surface area contributed by atoms with Crippen molar-refractivity contribution in [2.24, 2.45) is 0 Å². The molecule has 2 aromatic carbocycles. The van der Waals surface area contributed by atoms with Crippen molar-refractivity contribution in [3.63, 3.8) is 0 Å². The first kappa shape index (κ1) is 25.5. The minimum atomic E-state index is -0.591. The first-order chi connectivity index (χ1) is 16.3. The Morgan fingerprint density at radius 2 is 2.00 bits per heavy atom. The number of fused-ring (bicyclic) bond motifs is 3. The monoisotopic (exact) mass is 519 g/mol. The van der Waals surface area contributed by atoms with Gasteiger partial charge in [-0.05, 0) is 55.8 Å². The summed E-state index contributed by atoms with van der Waals surface area (Å²) in [5.41, 5.74) is 2.59. The van der Waals surface area contributed by atoms with Gasteiger partial charge >= 0.3 is 0 Å². The molecule has 0 aliphatic carbocycles. The van der Waals surface area contributed by atoms with Gasteiger partial charge in [-0.2, -0.15) is 0 Å². The van der Waals surface area contributed by atoms with Crippen molar-refractivity contribution in [2.45, 2.75) is 32.1 Å². The lowest BCUT2D eigenvalue weighted by atomic mass is 10.0. The maximum Gasteiger partial charge on any atom is 0.255 e. The number of nitrogens with one attached hydrogen (secondary N) is 1. The molecule has 3 heterocycles. The number of ether oxygens (including phenoxy) is 2. The van der Waals surface area contributed by atoms with Crippen LogP contribution in [0.15, 0.2) is 54.7 Å². The van der Waals surface area contributed by atoms with E-state index in [1.165, 1.54) is 12.1 Å². The highest BCUT2D eigenvalue weighted by atomic mass is 35.5. The smallest absolute Gasteiger partial charge is 0.255 e. The number of morpholine rings is 1. The van der Waals surface area contributed by atoms with Crippen LogP contribution in [0.5, 0.6) is 5.75 Å². The molecule has 0 bridgehead atoms. The Kier molecular flexibility index (Phi) is 7.43. The van der Waals surface area contributed by atoms with E-state index in [1.54, 1.807) is 18.2 Å². The summed E-state index contributed by atoms with van der Waals surface area (Å²) in [6, 6.07) is 13.9. The van der Waals surface area contributed by atoms with Crippen LogP contribution in [0.2, 0.25) is 5.02 Å². The van der Waals surface area contributed by atoms with Crippen molar-refractivity contribution in [1.29, 1.82) is 0 Å². The molecule has 0 saturated carbocycles. The Hall–Kier alpha value is -2.58. The van der Waals surface area contributed by atoms with E-state index in [2.05, 4.69) is 10.2 Å². The number of halogens is 3. The van der Waals surface area contributed by atoms with Gasteiger partial charge in [0.1, 0.15) is 11.4 Å². The summed E-state index contributed by atoms with van der Waals surface area (Å²) in [5.74, 6) is 0.0115. The van der Waals surface area contributed by atoms with Crippen molar-refractivity contribution < 1.29 is 18.7 Å². The fraction of sp³-hybridized carbons (Fsp3) is 0.346. The fourth-order valence-electron chi connectivity index (χ4n) is 4.62. The Morgan fingerprint density at radius 3 is 2.77 bits per heavy atom. The highest BCUT2D eigenvalue weighted by Gasteiger charge is 2.35. The van der Waals surface area contributed by atoms with Gasteiger partial charge in [-0.1, -0.05) is 23.7 Å². The molecule has 35 heavy (non-hydrogen) atoms. The molecule has 1 atom stereocenters. The third-order valence-electron chi connectivity index (χ3n) is 6.29. The normalized spacial score (nSPS) is 18.6. The van der Waals surface area contributed by atoms with Crippen molar-refractivity contribution >= 4 is 29.9 Å². The number of aromatic nitrogens is 1. The van der Waals surface area contributed by atoms with Gasteiger partial charge in [0.2, 0.25) is 0 Å². The summed E-state index contributed by atoms with van der Waals surface area (Å²) in [4.78, 5) is 15.5. The molecule has 0 spiro atoms. The first-order valence-corrected chi connectivity index (χ1v) is 11.8. The topological polar surface area (TPSA) is 55.7 Å². The molecule has 1 N–H and O–H groups in total. The number of amides is 1. The summed E-state index contributed by atoms with van der Waals surface area (Å²) in [7, 11) is 0. The summed E-state index contributed by atoms with van der Waals surface area (Å²) in [5, 5.41) is 3.46. The average Bonchev–Trinajstić information content (AvgIpc) is 3.31. The molecule has 1 amide bonds. The SMILES string of the molecule is CC1(C)Oc2c(C(=O)NCC3CN(Cc4ccc(F)cc4)CCO3)cc(Cl)cc2-n2cccc21.Cl. The molecule has 6 nitrogen and oxygen atoms in total. The predicted molar refractivity (Wildman–Crippen MR) is 135 cm³/mol. The lowest BCUT2D eigenvalue weighted by molar-refractivity contribution is -0.0293. The van der Waals surface area contributed by atoms with Gasteiger partial charge in [-0.15, -0.1) is 12.4 Å².